The van der Waals surface area contributed by atoms with Gasteiger partial charge in [-0.3, -0.25) is 9.69 Å². The molecule has 1 spiro atoms. The number of hydrogen-bond donors (Lipinski definition) is 1. The van der Waals surface area contributed by atoms with E-state index < -0.39 is 5.79 Å². The lowest BCUT2D eigenvalue weighted by Crippen LogP contribution is -3.16. The molecule has 0 unspecified atom stereocenters. The number of piperazine rings is 1. The van der Waals surface area contributed by atoms with Crippen LogP contribution in [0, 0.1) is 0 Å². The smallest absolute Gasteiger partial charge is 0.296 e. The number of benzene rings is 2. The molecule has 6 nitrogen and oxygen atoms in total. The van der Waals surface area contributed by atoms with E-state index in [0.717, 1.165) is 54.6 Å². The third-order valence-electron chi connectivity index (χ3n) is 6.00. The number of carbonyl (C=O) groups is 1. The summed E-state index contributed by atoms with van der Waals surface area (Å²) in [6, 6.07) is 15.8. The van der Waals surface area contributed by atoms with E-state index in [4.69, 9.17) is 21.1 Å². The molecule has 0 bridgehead atoms. The maximum Gasteiger partial charge on any atom is 0.296 e. The molecule has 0 radical (unpaired) electrons. The lowest BCUT2D eigenvalue weighted by atomic mass is 10.1. The van der Waals surface area contributed by atoms with Crippen LogP contribution in [0.15, 0.2) is 48.5 Å². The number of ether oxygens (including phenoxy) is 2. The first-order valence-electron chi connectivity index (χ1n) is 10.2. The topological polar surface area (TPSA) is 46.5 Å². The highest BCUT2D eigenvalue weighted by molar-refractivity contribution is 6.30. The first-order chi connectivity index (χ1) is 14.2. The first kappa shape index (κ1) is 18.9. The number of nitrogens with one attached hydrogen (secondary N) is 1. The third kappa shape index (κ3) is 3.30. The van der Waals surface area contributed by atoms with Crippen LogP contribution < -0.4 is 14.7 Å². The molecule has 2 aromatic carbocycles. The molecule has 152 valence electrons. The monoisotopic (exact) mass is 414 g/mol. The maximum absolute atomic E-state index is 13.4. The summed E-state index contributed by atoms with van der Waals surface area (Å²) in [5, 5.41) is 0.759. The first-order valence-corrected chi connectivity index (χ1v) is 10.6. The van der Waals surface area contributed by atoms with E-state index >= 15 is 0 Å². The van der Waals surface area contributed by atoms with Gasteiger partial charge in [0.25, 0.3) is 11.7 Å². The van der Waals surface area contributed by atoms with Crippen molar-refractivity contribution < 1.29 is 19.2 Å². The van der Waals surface area contributed by atoms with Crippen molar-refractivity contribution in [2.24, 2.45) is 0 Å². The number of carbonyl (C=O) groups excluding carboxylic acids is 1. The Hall–Kier alpha value is -2.12. The van der Waals surface area contributed by atoms with Gasteiger partial charge in [0.15, 0.2) is 6.67 Å². The predicted molar refractivity (Wildman–Crippen MR) is 111 cm³/mol. The summed E-state index contributed by atoms with van der Waals surface area (Å²) in [6.07, 6.45) is 0.813. The van der Waals surface area contributed by atoms with Gasteiger partial charge in [0.1, 0.15) is 0 Å². The van der Waals surface area contributed by atoms with Gasteiger partial charge in [-0.25, -0.2) is 0 Å². The predicted octanol–water partition coefficient (Wildman–Crippen LogP) is 1.64. The Labute approximate surface area is 175 Å². The molecule has 2 aromatic rings. The Morgan fingerprint density at radius 2 is 1.79 bits per heavy atom. The van der Waals surface area contributed by atoms with Crippen molar-refractivity contribution in [1.29, 1.82) is 0 Å². The van der Waals surface area contributed by atoms with Crippen LogP contribution in [0.2, 0.25) is 5.02 Å². The van der Waals surface area contributed by atoms with Gasteiger partial charge < -0.3 is 19.3 Å². The molecule has 5 rings (SSSR count). The lowest BCUT2D eigenvalue weighted by Gasteiger charge is -2.36. The zero-order valence-corrected chi connectivity index (χ0v) is 17.0. The Kier molecular flexibility index (Phi) is 4.95. The van der Waals surface area contributed by atoms with Crippen molar-refractivity contribution in [1.82, 2.24) is 0 Å². The van der Waals surface area contributed by atoms with Crippen molar-refractivity contribution in [3.8, 4) is 0 Å². The third-order valence-corrected chi connectivity index (χ3v) is 6.24. The number of fused-ring (bicyclic) bond motifs is 2. The van der Waals surface area contributed by atoms with Crippen molar-refractivity contribution in [2.75, 3.05) is 55.9 Å². The number of rotatable bonds is 3. The normalized spacial score (nSPS) is 21.6. The Balaban J connectivity index is 1.31. The molecular weight excluding hydrogens is 390 g/mol. The van der Waals surface area contributed by atoms with Crippen LogP contribution >= 0.6 is 11.6 Å². The molecule has 0 saturated carbocycles. The van der Waals surface area contributed by atoms with E-state index in [-0.39, 0.29) is 5.91 Å². The summed E-state index contributed by atoms with van der Waals surface area (Å²) >= 11 is 6.14. The molecule has 7 heteroatoms. The van der Waals surface area contributed by atoms with E-state index in [2.05, 4.69) is 11.0 Å². The largest absolute Gasteiger partial charge is 0.360 e. The zero-order valence-electron chi connectivity index (χ0n) is 16.3. The Morgan fingerprint density at radius 3 is 2.55 bits per heavy atom. The number of quaternary nitrogens is 1. The van der Waals surface area contributed by atoms with E-state index in [0.29, 0.717) is 19.9 Å². The molecule has 0 aliphatic carbocycles. The van der Waals surface area contributed by atoms with Crippen molar-refractivity contribution in [3.05, 3.63) is 59.1 Å². The summed E-state index contributed by atoms with van der Waals surface area (Å²) in [5.74, 6) is -1.35. The minimum absolute atomic E-state index is 0.0943. The minimum Gasteiger partial charge on any atom is -0.360 e. The van der Waals surface area contributed by atoms with Gasteiger partial charge in [-0.15, -0.1) is 0 Å². The average molecular weight is 415 g/mol. The van der Waals surface area contributed by atoms with Crippen LogP contribution in [0.1, 0.15) is 12.0 Å². The molecule has 3 aliphatic rings. The molecule has 3 aliphatic heterocycles. The van der Waals surface area contributed by atoms with Crippen LogP contribution in [0.5, 0.6) is 0 Å². The summed E-state index contributed by atoms with van der Waals surface area (Å²) in [4.78, 5) is 19.0. The molecule has 0 atom stereocenters. The molecule has 0 aromatic heterocycles. The van der Waals surface area contributed by atoms with Gasteiger partial charge in [-0.05, 0) is 30.7 Å². The maximum atomic E-state index is 13.4. The van der Waals surface area contributed by atoms with Crippen LogP contribution in [0.3, 0.4) is 0 Å². The minimum atomic E-state index is -1.25. The summed E-state index contributed by atoms with van der Waals surface area (Å²) in [6.45, 7) is 5.46. The second-order valence-electron chi connectivity index (χ2n) is 7.79. The van der Waals surface area contributed by atoms with Gasteiger partial charge in [-0.2, -0.15) is 0 Å². The van der Waals surface area contributed by atoms with Crippen molar-refractivity contribution >= 4 is 28.9 Å². The second-order valence-corrected chi connectivity index (χ2v) is 8.23. The Bertz CT molecular complexity index is 908. The van der Waals surface area contributed by atoms with Gasteiger partial charge in [0, 0.05) is 16.3 Å². The molecule has 3 heterocycles. The number of anilines is 2. The molecule has 29 heavy (non-hydrogen) atoms. The van der Waals surface area contributed by atoms with E-state index in [1.54, 1.807) is 0 Å². The van der Waals surface area contributed by atoms with Gasteiger partial charge in [0.05, 0.1) is 45.1 Å². The van der Waals surface area contributed by atoms with Gasteiger partial charge in [0.2, 0.25) is 0 Å². The standard InChI is InChI=1S/C22H24ClN3O3/c23-17-5-3-6-18(15-17)25-11-9-24(10-12-25)16-26-20-8-2-1-7-19(20)22(21(26)27)28-13-4-14-29-22/h1-3,5-8,15H,4,9-14,16H2/p+1. The summed E-state index contributed by atoms with van der Waals surface area (Å²) < 4.78 is 11.9. The fourth-order valence-corrected chi connectivity index (χ4v) is 4.68. The van der Waals surface area contributed by atoms with Crippen LogP contribution in [0.4, 0.5) is 11.4 Å². The van der Waals surface area contributed by atoms with Crippen molar-refractivity contribution in [3.63, 3.8) is 0 Å². The zero-order chi connectivity index (χ0) is 19.8. The van der Waals surface area contributed by atoms with E-state index in [9.17, 15) is 4.79 Å². The molecule has 1 N–H and O–H groups in total. The van der Waals surface area contributed by atoms with Crippen LogP contribution in [-0.2, 0) is 20.1 Å². The molecule has 2 fully saturated rings. The highest BCUT2D eigenvalue weighted by Gasteiger charge is 2.55. The van der Waals surface area contributed by atoms with Gasteiger partial charge in [-0.1, -0.05) is 35.9 Å². The number of amides is 1. The molecule has 1 amide bonds. The number of para-hydroxylation sites is 1. The lowest BCUT2D eigenvalue weighted by molar-refractivity contribution is -0.899. The van der Waals surface area contributed by atoms with Crippen molar-refractivity contribution in [2.45, 2.75) is 12.2 Å². The summed E-state index contributed by atoms with van der Waals surface area (Å²) in [5.41, 5.74) is 2.90. The van der Waals surface area contributed by atoms with Crippen LogP contribution in [-0.4, -0.2) is 52.0 Å². The number of halogens is 1. The Morgan fingerprint density at radius 1 is 1.03 bits per heavy atom. The van der Waals surface area contributed by atoms with E-state index in [1.165, 1.54) is 4.90 Å². The molecule has 2 saturated heterocycles. The SMILES string of the molecule is O=C1N(C[NH+]2CCN(c3cccc(Cl)c3)CC2)c2ccccc2C12OCCCO2. The van der Waals surface area contributed by atoms with E-state index in [1.807, 2.05) is 47.4 Å². The van der Waals surface area contributed by atoms with Crippen LogP contribution in [0.25, 0.3) is 0 Å². The van der Waals surface area contributed by atoms with Gasteiger partial charge >= 0.3 is 0 Å². The summed E-state index contributed by atoms with van der Waals surface area (Å²) in [7, 11) is 0. The fourth-order valence-electron chi connectivity index (χ4n) is 4.49. The quantitative estimate of drug-likeness (QED) is 0.829. The average Bonchev–Trinajstić information content (AvgIpc) is 2.98. The fraction of sp³-hybridized carbons (Fsp3) is 0.409. The number of nitrogens with zero attached hydrogens (tertiary/aromatic N) is 2. The number of hydrogen-bond acceptors (Lipinski definition) is 4. The second kappa shape index (κ2) is 7.61. The molecular formula is C22H25ClN3O3+. The highest BCUT2D eigenvalue weighted by Crippen LogP contribution is 2.44. The highest BCUT2D eigenvalue weighted by atomic mass is 35.5.